The lowest BCUT2D eigenvalue weighted by Crippen LogP contribution is -2.36. The second-order valence-electron chi connectivity index (χ2n) is 15.7. The fraction of sp³-hybridized carbons (Fsp3) is 0.415. The Morgan fingerprint density at radius 2 is 1.20 bits per heavy atom. The summed E-state index contributed by atoms with van der Waals surface area (Å²) >= 11 is 0. The minimum absolute atomic E-state index is 0.0209. The average Bonchev–Trinajstić information content (AvgIpc) is 3.93. The predicted octanol–water partition coefficient (Wildman–Crippen LogP) is 9.43. The highest BCUT2D eigenvalue weighted by Gasteiger charge is 2.38. The van der Waals surface area contributed by atoms with E-state index in [1.54, 1.807) is 4.90 Å². The first kappa shape index (κ1) is 33.0. The normalized spacial score (nSPS) is 19.7. The maximum absolute atomic E-state index is 12.9. The van der Waals surface area contributed by atoms with Gasteiger partial charge in [0.2, 0.25) is 0 Å². The highest BCUT2D eigenvalue weighted by molar-refractivity contribution is 5.75. The molecule has 0 spiro atoms. The van der Waals surface area contributed by atoms with Gasteiger partial charge in [-0.2, -0.15) is 0 Å². The summed E-state index contributed by atoms with van der Waals surface area (Å²) in [6, 6.07) is 20.0. The maximum Gasteiger partial charge on any atom is 0.410 e. The second-order valence-corrected chi connectivity index (χ2v) is 15.7. The molecule has 3 unspecified atom stereocenters. The zero-order valence-corrected chi connectivity index (χ0v) is 30.3. The lowest BCUT2D eigenvalue weighted by Gasteiger charge is -2.27. The fourth-order valence-electron chi connectivity index (χ4n) is 7.19. The van der Waals surface area contributed by atoms with Crippen molar-refractivity contribution in [2.75, 3.05) is 6.54 Å². The fourth-order valence-corrected chi connectivity index (χ4v) is 7.19. The minimum atomic E-state index is -0.553. The number of amides is 1. The zero-order valence-electron chi connectivity index (χ0n) is 31.3. The average molecular weight is 690 g/mol. The largest absolute Gasteiger partial charge is 0.460 e. The highest BCUT2D eigenvalue weighted by atomic mass is 16.6. The van der Waals surface area contributed by atoms with Gasteiger partial charge in [-0.3, -0.25) is 9.69 Å². The van der Waals surface area contributed by atoms with Crippen LogP contribution in [0.4, 0.5) is 4.79 Å². The third kappa shape index (κ3) is 7.65. The quantitative estimate of drug-likeness (QED) is 0.146. The number of aromatic nitrogens is 5. The van der Waals surface area contributed by atoms with Crippen LogP contribution in [-0.2, 0) is 14.3 Å². The summed E-state index contributed by atoms with van der Waals surface area (Å²) < 4.78 is 20.3. The maximum atomic E-state index is 12.9. The number of nitrogens with zero attached hydrogens (tertiary/aromatic N) is 3. The molecule has 4 heterocycles. The van der Waals surface area contributed by atoms with E-state index in [4.69, 9.17) is 10.9 Å². The number of benzene rings is 2. The molecule has 1 amide bonds. The van der Waals surface area contributed by atoms with Crippen molar-refractivity contribution >= 4 is 12.1 Å². The zero-order chi connectivity index (χ0) is 36.8. The van der Waals surface area contributed by atoms with Gasteiger partial charge in [-0.1, -0.05) is 55.0 Å². The predicted molar refractivity (Wildman–Crippen MR) is 198 cm³/mol. The molecule has 266 valence electrons. The van der Waals surface area contributed by atoms with Gasteiger partial charge in [0.1, 0.15) is 22.9 Å². The van der Waals surface area contributed by atoms with Gasteiger partial charge < -0.3 is 24.4 Å². The number of likely N-dealkylation sites (tertiary alicyclic amines) is 1. The van der Waals surface area contributed by atoms with Gasteiger partial charge in [0.15, 0.2) is 1.41 Å². The Balaban J connectivity index is 1.02. The Bertz CT molecular complexity index is 1900. The summed E-state index contributed by atoms with van der Waals surface area (Å²) in [5, 5.41) is 0. The van der Waals surface area contributed by atoms with Crippen molar-refractivity contribution in [1.29, 1.82) is 0 Å². The Labute approximate surface area is 300 Å². The van der Waals surface area contributed by atoms with Crippen LogP contribution < -0.4 is 0 Å². The molecule has 51 heavy (non-hydrogen) atoms. The van der Waals surface area contributed by atoms with E-state index < -0.39 is 11.2 Å². The Morgan fingerprint density at radius 3 is 1.75 bits per heavy atom. The molecule has 3 atom stereocenters. The summed E-state index contributed by atoms with van der Waals surface area (Å²) in [5.74, 6) is 1.27. The third-order valence-corrected chi connectivity index (χ3v) is 9.59. The van der Waals surface area contributed by atoms with E-state index in [0.29, 0.717) is 6.54 Å². The van der Waals surface area contributed by atoms with Crippen LogP contribution in [-0.4, -0.2) is 59.6 Å². The molecule has 5 aromatic rings. The molecule has 2 aromatic carbocycles. The molecule has 2 fully saturated rings. The lowest BCUT2D eigenvalue weighted by atomic mass is 9.95. The number of nitrogens with one attached hydrogen (secondary N) is 3. The second kappa shape index (κ2) is 13.5. The van der Waals surface area contributed by atoms with Crippen molar-refractivity contribution in [3.8, 4) is 45.0 Å². The van der Waals surface area contributed by atoms with Gasteiger partial charge in [-0.25, -0.2) is 14.8 Å². The number of rotatable bonds is 7. The van der Waals surface area contributed by atoms with Crippen molar-refractivity contribution in [3.63, 3.8) is 0 Å². The van der Waals surface area contributed by atoms with Crippen LogP contribution >= 0.6 is 0 Å². The van der Waals surface area contributed by atoms with Crippen LogP contribution in [0, 0.1) is 5.92 Å². The first-order chi connectivity index (χ1) is 24.7. The molecule has 10 nitrogen and oxygen atoms in total. The smallest absolute Gasteiger partial charge is 0.410 e. The summed E-state index contributed by atoms with van der Waals surface area (Å²) in [6.45, 7) is 12.0. The van der Waals surface area contributed by atoms with E-state index >= 15 is 0 Å². The summed E-state index contributed by atoms with van der Waals surface area (Å²) in [6.07, 6.45) is 7.76. The van der Waals surface area contributed by atoms with Crippen LogP contribution in [0.3, 0.4) is 0 Å². The van der Waals surface area contributed by atoms with E-state index in [2.05, 4.69) is 19.9 Å². The third-order valence-electron chi connectivity index (χ3n) is 9.59. The van der Waals surface area contributed by atoms with Gasteiger partial charge in [-0.05, 0) is 102 Å². The molecule has 1 saturated heterocycles. The number of carbonyl (C=O) groups is 2. The molecule has 10 heteroatoms. The minimum Gasteiger partial charge on any atom is -0.460 e. The Kier molecular flexibility index (Phi) is 8.78. The van der Waals surface area contributed by atoms with Gasteiger partial charge in [0, 0.05) is 23.9 Å². The van der Waals surface area contributed by atoms with Crippen molar-refractivity contribution in [1.82, 2.24) is 29.8 Å². The monoisotopic (exact) mass is 689 g/mol. The molecule has 1 aliphatic carbocycles. The number of imidazole rings is 2. The summed E-state index contributed by atoms with van der Waals surface area (Å²) in [7, 11) is 0. The van der Waals surface area contributed by atoms with Crippen LogP contribution in [0.15, 0.2) is 73.1 Å². The first-order valence-corrected chi connectivity index (χ1v) is 18.0. The van der Waals surface area contributed by atoms with Crippen LogP contribution in [0.1, 0.15) is 97.3 Å². The van der Waals surface area contributed by atoms with Crippen LogP contribution in [0.25, 0.3) is 45.0 Å². The van der Waals surface area contributed by atoms with E-state index in [1.807, 2.05) is 115 Å². The van der Waals surface area contributed by atoms with Crippen LogP contribution in [0.2, 0.25) is 1.41 Å². The molecular formula is C41H48N6O4. The van der Waals surface area contributed by atoms with Crippen molar-refractivity contribution in [3.05, 3.63) is 84.7 Å². The van der Waals surface area contributed by atoms with Gasteiger partial charge in [-0.15, -0.1) is 0 Å². The molecule has 2 aliphatic rings. The van der Waals surface area contributed by atoms with Gasteiger partial charge in [0.05, 0.1) is 35.7 Å². The molecule has 3 aromatic heterocycles. The molecule has 3 N–H and O–H groups in total. The van der Waals surface area contributed by atoms with E-state index in [1.165, 1.54) is 4.98 Å². The highest BCUT2D eigenvalue weighted by Crippen LogP contribution is 2.40. The van der Waals surface area contributed by atoms with Gasteiger partial charge in [0.25, 0.3) is 0 Å². The number of aromatic amines is 3. The van der Waals surface area contributed by atoms with Crippen molar-refractivity contribution in [2.45, 2.75) is 96.8 Å². The molecule has 7 rings (SSSR count). The lowest BCUT2D eigenvalue weighted by molar-refractivity contribution is -0.160. The van der Waals surface area contributed by atoms with Crippen molar-refractivity contribution in [2.24, 2.45) is 5.92 Å². The van der Waals surface area contributed by atoms with Crippen LogP contribution in [0.5, 0.6) is 0 Å². The SMILES string of the molecule is [2H]n1c(-c2ccc(-c3cnc(C4CCCC4C(=O)OC(C)(C)C)[nH]3)cc2)ccc1-c1ccc(-c2cnc(C3CCCN3C(=O)OC(C)(C)C)[nH]2)cc1. The molecular weight excluding hydrogens is 640 g/mol. The topological polar surface area (TPSA) is 129 Å². The molecule has 1 aliphatic heterocycles. The standard InChI is InChI=1S/C41H48N6O4/c1-40(2,3)50-38(48)30-10-7-9-29(30)36-42-23-33(45-36)27-16-12-25(13-17-27)31-20-21-32(44-31)26-14-18-28(19-15-26)34-24-43-37(46-34)35-11-8-22-47(35)39(49)51-41(4,5)6/h12-21,23-24,29-30,35,44H,7-11,22H2,1-6H3,(H,42,45)(H,43,46)/i/hD. The number of carbonyl (C=O) groups excluding carboxylic acids is 2. The number of ether oxygens (including phenoxy) is 2. The van der Waals surface area contributed by atoms with E-state index in [-0.39, 0.29) is 29.9 Å². The molecule has 0 bridgehead atoms. The number of H-pyrrole nitrogens is 3. The van der Waals surface area contributed by atoms with Crippen molar-refractivity contribution < 1.29 is 20.5 Å². The number of hydrogen-bond donors (Lipinski definition) is 3. The Morgan fingerprint density at radius 1 is 0.686 bits per heavy atom. The van der Waals surface area contributed by atoms with E-state index in [0.717, 1.165) is 88.8 Å². The van der Waals surface area contributed by atoms with E-state index in [9.17, 15) is 9.59 Å². The number of hydrogen-bond acceptors (Lipinski definition) is 6. The molecule has 0 radical (unpaired) electrons. The first-order valence-electron chi connectivity index (χ1n) is 18.4. The number of esters is 1. The summed E-state index contributed by atoms with van der Waals surface area (Å²) in [4.78, 5) is 45.2. The Hall–Kier alpha value is -5.12. The summed E-state index contributed by atoms with van der Waals surface area (Å²) in [5.41, 5.74) is 6.08. The molecule has 1 saturated carbocycles. The van der Waals surface area contributed by atoms with Gasteiger partial charge >= 0.3 is 12.1 Å².